The number of hydrogen-bond donors (Lipinski definition) is 0. The van der Waals surface area contributed by atoms with E-state index in [0.717, 1.165) is 23.1 Å². The van der Waals surface area contributed by atoms with Gasteiger partial charge in [0.25, 0.3) is 11.1 Å². The summed E-state index contributed by atoms with van der Waals surface area (Å²) >= 11 is 0.793. The van der Waals surface area contributed by atoms with E-state index >= 15 is 0 Å². The van der Waals surface area contributed by atoms with Gasteiger partial charge in [-0.3, -0.25) is 19.3 Å². The second-order valence-corrected chi connectivity index (χ2v) is 7.04. The van der Waals surface area contributed by atoms with Gasteiger partial charge in [0.15, 0.2) is 11.5 Å². The van der Waals surface area contributed by atoms with Gasteiger partial charge in [0.1, 0.15) is 6.54 Å². The predicted molar refractivity (Wildman–Crippen MR) is 107 cm³/mol. The van der Waals surface area contributed by atoms with Crippen molar-refractivity contribution in [3.8, 4) is 11.5 Å². The van der Waals surface area contributed by atoms with E-state index in [0.29, 0.717) is 23.7 Å². The molecule has 7 nitrogen and oxygen atoms in total. The van der Waals surface area contributed by atoms with Gasteiger partial charge in [-0.15, -0.1) is 0 Å². The number of nitrogens with zero attached hydrogens (tertiary/aromatic N) is 1. The Bertz CT molecular complexity index is 776. The van der Waals surface area contributed by atoms with Crippen LogP contribution in [0, 0.1) is 0 Å². The molecule has 1 saturated heterocycles. The molecule has 2 amide bonds. The molecule has 0 bridgehead atoms. The van der Waals surface area contributed by atoms with Crippen molar-refractivity contribution in [1.29, 1.82) is 0 Å². The van der Waals surface area contributed by atoms with Gasteiger partial charge in [-0.25, -0.2) is 0 Å². The van der Waals surface area contributed by atoms with Crippen LogP contribution in [0.5, 0.6) is 11.5 Å². The molecule has 1 fully saturated rings. The molecule has 1 aliphatic heterocycles. The lowest BCUT2D eigenvalue weighted by Gasteiger charge is -2.16. The number of thioether (sulfide) groups is 1. The largest absolute Gasteiger partial charge is 0.490 e. The lowest BCUT2D eigenvalue weighted by atomic mass is 10.1. The summed E-state index contributed by atoms with van der Waals surface area (Å²) in [6.07, 6.45) is 2.51. The summed E-state index contributed by atoms with van der Waals surface area (Å²) < 4.78 is 16.3. The van der Waals surface area contributed by atoms with Gasteiger partial charge in [0.05, 0.1) is 24.2 Å². The van der Waals surface area contributed by atoms with Gasteiger partial charge >= 0.3 is 5.97 Å². The van der Waals surface area contributed by atoms with Crippen molar-refractivity contribution < 1.29 is 28.6 Å². The first-order valence-electron chi connectivity index (χ1n) is 9.24. The Kier molecular flexibility index (Phi) is 7.92. The number of ether oxygens (including phenoxy) is 3. The number of amides is 2. The molecule has 28 heavy (non-hydrogen) atoms. The summed E-state index contributed by atoms with van der Waals surface area (Å²) in [7, 11) is 0. The molecule has 0 aliphatic carbocycles. The highest BCUT2D eigenvalue weighted by Crippen LogP contribution is 2.35. The standard InChI is InChI=1S/C20H25NO6S/c1-5-13(4)27-15-9-8-14(10-16(15)25-6-2)11-17-19(23)21(20(24)28-17)12-18(22)26-7-3/h8-11,13H,5-7,12H2,1-4H3/b17-11-. The van der Waals surface area contributed by atoms with Crippen LogP contribution in [0.25, 0.3) is 6.08 Å². The molecule has 0 saturated carbocycles. The molecular weight excluding hydrogens is 382 g/mol. The summed E-state index contributed by atoms with van der Waals surface area (Å²) in [4.78, 5) is 37.3. The van der Waals surface area contributed by atoms with E-state index in [1.165, 1.54) is 0 Å². The van der Waals surface area contributed by atoms with E-state index in [4.69, 9.17) is 14.2 Å². The van der Waals surface area contributed by atoms with Gasteiger partial charge in [0, 0.05) is 0 Å². The Hall–Kier alpha value is -2.48. The first-order chi connectivity index (χ1) is 13.4. The van der Waals surface area contributed by atoms with Crippen LogP contribution >= 0.6 is 11.8 Å². The molecule has 2 rings (SSSR count). The van der Waals surface area contributed by atoms with Crippen LogP contribution in [0.2, 0.25) is 0 Å². The SMILES string of the molecule is CCOC(=O)CN1C(=O)S/C(=C\c2ccc(OC(C)CC)c(OCC)c2)C1=O. The summed E-state index contributed by atoms with van der Waals surface area (Å²) in [5.41, 5.74) is 0.696. The molecule has 1 aromatic rings. The van der Waals surface area contributed by atoms with E-state index in [1.807, 2.05) is 20.8 Å². The summed E-state index contributed by atoms with van der Waals surface area (Å²) in [6, 6.07) is 5.34. The number of benzene rings is 1. The molecule has 1 atom stereocenters. The van der Waals surface area contributed by atoms with E-state index in [1.54, 1.807) is 31.2 Å². The molecule has 0 aromatic heterocycles. The highest BCUT2D eigenvalue weighted by Gasteiger charge is 2.36. The zero-order chi connectivity index (χ0) is 20.7. The lowest BCUT2D eigenvalue weighted by Crippen LogP contribution is -2.34. The van der Waals surface area contributed by atoms with Gasteiger partial charge in [-0.2, -0.15) is 0 Å². The van der Waals surface area contributed by atoms with Crippen LogP contribution < -0.4 is 9.47 Å². The molecule has 1 aliphatic rings. The Morgan fingerprint density at radius 1 is 1.18 bits per heavy atom. The van der Waals surface area contributed by atoms with Crippen LogP contribution in [0.1, 0.15) is 39.7 Å². The molecule has 0 radical (unpaired) electrons. The topological polar surface area (TPSA) is 82.1 Å². The minimum Gasteiger partial charge on any atom is -0.490 e. The number of esters is 1. The van der Waals surface area contributed by atoms with Crippen molar-refractivity contribution in [2.45, 2.75) is 40.2 Å². The third kappa shape index (κ3) is 5.51. The van der Waals surface area contributed by atoms with Crippen molar-refractivity contribution in [3.63, 3.8) is 0 Å². The van der Waals surface area contributed by atoms with E-state index in [-0.39, 0.29) is 24.2 Å². The number of rotatable bonds is 9. The van der Waals surface area contributed by atoms with Crippen LogP contribution in [0.15, 0.2) is 23.1 Å². The fourth-order valence-corrected chi connectivity index (χ4v) is 3.24. The van der Waals surface area contributed by atoms with Crippen molar-refractivity contribution in [2.24, 2.45) is 0 Å². The van der Waals surface area contributed by atoms with Crippen molar-refractivity contribution in [2.75, 3.05) is 19.8 Å². The molecule has 1 unspecified atom stereocenters. The first kappa shape index (κ1) is 21.8. The van der Waals surface area contributed by atoms with Crippen LogP contribution in [0.4, 0.5) is 4.79 Å². The third-order valence-corrected chi connectivity index (χ3v) is 4.84. The minimum atomic E-state index is -0.615. The summed E-state index contributed by atoms with van der Waals surface area (Å²) in [5.74, 6) is 0.0724. The first-order valence-corrected chi connectivity index (χ1v) is 10.1. The second kappa shape index (κ2) is 10.2. The highest BCUT2D eigenvalue weighted by atomic mass is 32.2. The monoisotopic (exact) mass is 407 g/mol. The number of imide groups is 1. The normalized spacial score (nSPS) is 16.4. The van der Waals surface area contributed by atoms with Crippen molar-refractivity contribution in [1.82, 2.24) is 4.90 Å². The number of carbonyl (C=O) groups is 3. The second-order valence-electron chi connectivity index (χ2n) is 6.05. The fourth-order valence-electron chi connectivity index (χ4n) is 2.40. The quantitative estimate of drug-likeness (QED) is 0.454. The maximum absolute atomic E-state index is 12.5. The molecule has 1 aromatic carbocycles. The number of carbonyl (C=O) groups excluding carboxylic acids is 3. The smallest absolute Gasteiger partial charge is 0.326 e. The van der Waals surface area contributed by atoms with Crippen LogP contribution in [-0.2, 0) is 14.3 Å². The van der Waals surface area contributed by atoms with Crippen LogP contribution in [0.3, 0.4) is 0 Å². The summed E-state index contributed by atoms with van der Waals surface area (Å²) in [6.45, 7) is 7.82. The summed E-state index contributed by atoms with van der Waals surface area (Å²) in [5, 5.41) is -0.494. The highest BCUT2D eigenvalue weighted by molar-refractivity contribution is 8.18. The molecule has 1 heterocycles. The molecule has 0 spiro atoms. The van der Waals surface area contributed by atoms with Gasteiger partial charge in [-0.05, 0) is 62.7 Å². The number of hydrogen-bond acceptors (Lipinski definition) is 7. The van der Waals surface area contributed by atoms with Gasteiger partial charge in [0.2, 0.25) is 0 Å². The Morgan fingerprint density at radius 2 is 1.93 bits per heavy atom. The van der Waals surface area contributed by atoms with E-state index < -0.39 is 17.1 Å². The zero-order valence-electron chi connectivity index (χ0n) is 16.5. The molecular formula is C20H25NO6S. The lowest BCUT2D eigenvalue weighted by molar-refractivity contribution is -0.145. The average Bonchev–Trinajstić information content (AvgIpc) is 2.91. The minimum absolute atomic E-state index is 0.0458. The maximum Gasteiger partial charge on any atom is 0.326 e. The van der Waals surface area contributed by atoms with E-state index in [9.17, 15) is 14.4 Å². The van der Waals surface area contributed by atoms with Crippen LogP contribution in [-0.4, -0.2) is 47.9 Å². The molecule has 152 valence electrons. The van der Waals surface area contributed by atoms with Gasteiger partial charge < -0.3 is 14.2 Å². The van der Waals surface area contributed by atoms with E-state index in [2.05, 4.69) is 0 Å². The predicted octanol–water partition coefficient (Wildman–Crippen LogP) is 3.86. The average molecular weight is 407 g/mol. The maximum atomic E-state index is 12.5. The fraction of sp³-hybridized carbons (Fsp3) is 0.450. The van der Waals surface area contributed by atoms with Crippen molar-refractivity contribution >= 4 is 35.0 Å². The van der Waals surface area contributed by atoms with Gasteiger partial charge in [-0.1, -0.05) is 13.0 Å². The van der Waals surface area contributed by atoms with Crippen molar-refractivity contribution in [3.05, 3.63) is 28.7 Å². The Morgan fingerprint density at radius 3 is 2.57 bits per heavy atom. The Labute approximate surface area is 169 Å². The zero-order valence-corrected chi connectivity index (χ0v) is 17.3. The molecule has 8 heteroatoms. The Balaban J connectivity index is 2.22. The third-order valence-electron chi connectivity index (χ3n) is 3.93. The molecule has 0 N–H and O–H groups in total.